The Bertz CT molecular complexity index is 4720. The summed E-state index contributed by atoms with van der Waals surface area (Å²) >= 11 is 0. The van der Waals surface area contributed by atoms with Crippen LogP contribution in [-0.2, 0) is 5.41 Å². The second-order valence-electron chi connectivity index (χ2n) is 22.3. The third kappa shape index (κ3) is 9.81. The highest BCUT2D eigenvalue weighted by molar-refractivity contribution is 6.36. The molecule has 17 nitrogen and oxygen atoms in total. The fourth-order valence-electron chi connectivity index (χ4n) is 11.3. The molecule has 4 aliphatic rings. The van der Waals surface area contributed by atoms with Crippen LogP contribution in [0.1, 0.15) is 113 Å². The van der Waals surface area contributed by atoms with Gasteiger partial charge in [-0.2, -0.15) is 0 Å². The second kappa shape index (κ2) is 21.6. The van der Waals surface area contributed by atoms with Crippen LogP contribution >= 0.6 is 0 Å². The Morgan fingerprint density at radius 2 is 0.467 bits per heavy atom. The molecule has 14 rings (SSSR count). The number of imide groups is 4. The standard InChI is InChI=1S/C73H48N4O13/c1-41-5-17-47(18-6-41)86-48-19-7-42(8-20-48)73(2,3)43-9-21-49(22-10-43)87-50-23-11-44(12-24-50)75-68(81)59-35-31-55(39-63(59)71(75)84)90-56-32-36-60-64(40-56)72(85)77(69(60)82)46-15-27-52(28-16-46)88-51-25-13-45(14-26-51)76-67(80)58-34-30-54(38-62(58)70(76)83)89-53-29-33-57-61(37-53)66(79)74(4)65(57)78/h5-40H,1-4H3. The van der Waals surface area contributed by atoms with Gasteiger partial charge in [-0.1, -0.05) is 55.8 Å². The van der Waals surface area contributed by atoms with Crippen LogP contribution in [-0.4, -0.2) is 59.2 Å². The monoisotopic (exact) mass is 1190 g/mol. The molecule has 0 saturated carbocycles. The minimum atomic E-state index is -0.590. The van der Waals surface area contributed by atoms with Crippen molar-refractivity contribution in [1.82, 2.24) is 4.90 Å². The van der Waals surface area contributed by atoms with Crippen molar-refractivity contribution in [2.45, 2.75) is 26.2 Å². The van der Waals surface area contributed by atoms with Crippen LogP contribution in [0.2, 0.25) is 0 Å². The van der Waals surface area contributed by atoms with Crippen LogP contribution in [0.25, 0.3) is 0 Å². The Hall–Kier alpha value is -12.2. The zero-order chi connectivity index (χ0) is 62.3. The van der Waals surface area contributed by atoms with Gasteiger partial charge in [-0.25, -0.2) is 14.7 Å². The van der Waals surface area contributed by atoms with E-state index in [-0.39, 0.29) is 84.3 Å². The molecule has 0 unspecified atom stereocenters. The summed E-state index contributed by atoms with van der Waals surface area (Å²) in [6, 6.07) is 61.1. The van der Waals surface area contributed by atoms with Gasteiger partial charge in [0, 0.05) is 12.5 Å². The van der Waals surface area contributed by atoms with Gasteiger partial charge in [0.1, 0.15) is 57.5 Å². The number of carbonyl (C=O) groups excluding carboxylic acids is 8. The number of hydrogen-bond donors (Lipinski definition) is 0. The average Bonchev–Trinajstić information content (AvgIpc) is 1.86. The Kier molecular flexibility index (Phi) is 13.4. The first kappa shape index (κ1) is 55.6. The quantitative estimate of drug-likeness (QED) is 0.0880. The fraction of sp³-hybridized carbons (Fsp3) is 0.0685. The molecule has 0 aromatic heterocycles. The molecule has 0 radical (unpaired) electrons. The molecule has 10 aromatic rings. The summed E-state index contributed by atoms with van der Waals surface area (Å²) in [5, 5.41) is 0. The zero-order valence-electron chi connectivity index (χ0n) is 48.4. The minimum absolute atomic E-state index is 0.0982. The van der Waals surface area contributed by atoms with Crippen LogP contribution in [0, 0.1) is 6.92 Å². The van der Waals surface area contributed by atoms with E-state index in [1.807, 2.05) is 67.6 Å². The van der Waals surface area contributed by atoms with E-state index in [0.717, 1.165) is 42.2 Å². The number of amides is 8. The molecule has 0 fully saturated rings. The van der Waals surface area contributed by atoms with Crippen LogP contribution in [0.5, 0.6) is 57.5 Å². The molecule has 0 spiro atoms. The maximum Gasteiger partial charge on any atom is 0.266 e. The number of fused-ring (bicyclic) bond motifs is 4. The van der Waals surface area contributed by atoms with Gasteiger partial charge >= 0.3 is 0 Å². The number of benzene rings is 10. The summed E-state index contributed by atoms with van der Waals surface area (Å²) in [7, 11) is 1.40. The van der Waals surface area contributed by atoms with E-state index in [4.69, 9.17) is 23.7 Å². The predicted octanol–water partition coefficient (Wildman–Crippen LogP) is 14.9. The number of aryl methyl sites for hydroxylation is 1. The largest absolute Gasteiger partial charge is 0.457 e. The van der Waals surface area contributed by atoms with E-state index >= 15 is 0 Å². The predicted molar refractivity (Wildman–Crippen MR) is 331 cm³/mol. The highest BCUT2D eigenvalue weighted by atomic mass is 16.5. The van der Waals surface area contributed by atoms with Gasteiger partial charge in [0.25, 0.3) is 47.3 Å². The van der Waals surface area contributed by atoms with Gasteiger partial charge in [-0.3, -0.25) is 43.3 Å². The number of carbonyl (C=O) groups is 8. The molecule has 10 aromatic carbocycles. The lowest BCUT2D eigenvalue weighted by molar-refractivity contribution is 0.0690. The molecule has 17 heteroatoms. The number of rotatable bonds is 15. The third-order valence-corrected chi connectivity index (χ3v) is 16.3. The van der Waals surface area contributed by atoms with Gasteiger partial charge in [-0.05, 0) is 200 Å². The Balaban J connectivity index is 0.579. The highest BCUT2D eigenvalue weighted by Gasteiger charge is 2.41. The smallest absolute Gasteiger partial charge is 0.266 e. The summed E-state index contributed by atoms with van der Waals surface area (Å²) < 4.78 is 30.4. The molecule has 4 heterocycles. The molecule has 0 N–H and O–H groups in total. The molecular formula is C73H48N4O13. The van der Waals surface area contributed by atoms with E-state index in [0.29, 0.717) is 28.7 Å². The summed E-state index contributed by atoms with van der Waals surface area (Å²) in [5.74, 6) is 0.166. The van der Waals surface area contributed by atoms with Crippen molar-refractivity contribution >= 4 is 64.3 Å². The van der Waals surface area contributed by atoms with Gasteiger partial charge < -0.3 is 23.7 Å². The summed E-state index contributed by atoms with van der Waals surface area (Å²) in [4.78, 5) is 111. The molecule has 0 atom stereocenters. The maximum absolute atomic E-state index is 13.9. The molecule has 0 bridgehead atoms. The number of nitrogens with zero attached hydrogens (tertiary/aromatic N) is 4. The van der Waals surface area contributed by atoms with Gasteiger partial charge in [-0.15, -0.1) is 0 Å². The van der Waals surface area contributed by atoms with Crippen LogP contribution < -0.4 is 38.4 Å². The molecule has 0 aliphatic carbocycles. The summed E-state index contributed by atoms with van der Waals surface area (Å²) in [6.07, 6.45) is 0. The van der Waals surface area contributed by atoms with Crippen molar-refractivity contribution in [3.05, 3.63) is 280 Å². The lowest BCUT2D eigenvalue weighted by Crippen LogP contribution is -2.29. The van der Waals surface area contributed by atoms with E-state index in [9.17, 15) is 38.4 Å². The van der Waals surface area contributed by atoms with Crippen molar-refractivity contribution < 1.29 is 62.0 Å². The van der Waals surface area contributed by atoms with Crippen LogP contribution in [0.15, 0.2) is 218 Å². The maximum atomic E-state index is 13.9. The molecular weight excluding hydrogens is 1140 g/mol. The second-order valence-corrected chi connectivity index (χ2v) is 22.3. The van der Waals surface area contributed by atoms with E-state index in [1.54, 1.807) is 84.9 Å². The lowest BCUT2D eigenvalue weighted by atomic mass is 9.78. The van der Waals surface area contributed by atoms with Gasteiger partial charge in [0.05, 0.1) is 61.6 Å². The van der Waals surface area contributed by atoms with E-state index in [1.165, 1.54) is 73.3 Å². The summed E-state index contributed by atoms with van der Waals surface area (Å²) in [5.41, 5.74) is 5.30. The first-order valence-electron chi connectivity index (χ1n) is 28.5. The first-order valence-corrected chi connectivity index (χ1v) is 28.5. The van der Waals surface area contributed by atoms with Gasteiger partial charge in [0.2, 0.25) is 0 Å². The summed E-state index contributed by atoms with van der Waals surface area (Å²) in [6.45, 7) is 6.35. The first-order chi connectivity index (χ1) is 43.4. The topological polar surface area (TPSA) is 196 Å². The van der Waals surface area contributed by atoms with Crippen LogP contribution in [0.4, 0.5) is 17.1 Å². The van der Waals surface area contributed by atoms with E-state index < -0.39 is 47.3 Å². The number of hydrogen-bond acceptors (Lipinski definition) is 13. The molecule has 438 valence electrons. The molecule has 0 saturated heterocycles. The minimum Gasteiger partial charge on any atom is -0.457 e. The van der Waals surface area contributed by atoms with Gasteiger partial charge in [0.15, 0.2) is 0 Å². The van der Waals surface area contributed by atoms with Crippen molar-refractivity contribution in [3.8, 4) is 57.5 Å². The van der Waals surface area contributed by atoms with Crippen molar-refractivity contribution in [2.24, 2.45) is 0 Å². The lowest BCUT2D eigenvalue weighted by Gasteiger charge is -2.26. The third-order valence-electron chi connectivity index (χ3n) is 16.3. The SMILES string of the molecule is Cc1ccc(Oc2ccc(C(C)(C)c3ccc(Oc4ccc(N5C(=O)c6ccc(Oc7ccc8c(c7)C(=O)N(c7ccc(Oc9ccc(N%10C(=O)c%11ccc(Oc%12ccc%13c(c%12)C(=O)N(C)C%13=O)cc%11C%10=O)cc9)cc7)C8=O)cc6C5=O)cc4)cc3)cc2)cc1. The Labute approximate surface area is 514 Å². The highest BCUT2D eigenvalue weighted by Crippen LogP contribution is 2.40. The van der Waals surface area contributed by atoms with E-state index in [2.05, 4.69) is 26.0 Å². The zero-order valence-corrected chi connectivity index (χ0v) is 48.4. The average molecular weight is 1190 g/mol. The van der Waals surface area contributed by atoms with Crippen LogP contribution in [0.3, 0.4) is 0 Å². The Morgan fingerprint density at radius 3 is 0.767 bits per heavy atom. The number of anilines is 3. The van der Waals surface area contributed by atoms with Crippen molar-refractivity contribution in [3.63, 3.8) is 0 Å². The molecule has 90 heavy (non-hydrogen) atoms. The van der Waals surface area contributed by atoms with Crippen molar-refractivity contribution in [1.29, 1.82) is 0 Å². The molecule has 4 aliphatic heterocycles. The normalized spacial score (nSPS) is 14.1. The molecule has 8 amide bonds. The fourth-order valence-corrected chi connectivity index (χ4v) is 11.3. The Morgan fingerprint density at radius 1 is 0.256 bits per heavy atom. The van der Waals surface area contributed by atoms with Crippen molar-refractivity contribution in [2.75, 3.05) is 21.7 Å². The number of ether oxygens (including phenoxy) is 5.